The van der Waals surface area contributed by atoms with Crippen molar-refractivity contribution in [2.45, 2.75) is 56.9 Å². The van der Waals surface area contributed by atoms with E-state index in [4.69, 9.17) is 9.15 Å². The maximum atomic E-state index is 12.8. The van der Waals surface area contributed by atoms with E-state index >= 15 is 0 Å². The van der Waals surface area contributed by atoms with E-state index in [1.54, 1.807) is 19.1 Å². The van der Waals surface area contributed by atoms with E-state index in [2.05, 4.69) is 34.5 Å². The molecule has 5 rings (SSSR count). The van der Waals surface area contributed by atoms with Gasteiger partial charge in [0.15, 0.2) is 6.29 Å². The zero-order valence-corrected chi connectivity index (χ0v) is 22.2. The number of allylic oxidation sites excluding steroid dienone is 1. The third-order valence-electron chi connectivity index (χ3n) is 7.67. The van der Waals surface area contributed by atoms with E-state index < -0.39 is 36.6 Å². The van der Waals surface area contributed by atoms with Crippen molar-refractivity contribution < 1.29 is 34.4 Å². The summed E-state index contributed by atoms with van der Waals surface area (Å²) in [4.78, 5) is 15.2. The number of aliphatic hydroxyl groups excluding tert-OH is 4. The smallest absolute Gasteiger partial charge is 0.262 e. The highest BCUT2D eigenvalue weighted by Gasteiger charge is 2.43. The van der Waals surface area contributed by atoms with Crippen molar-refractivity contribution in [1.29, 1.82) is 5.26 Å². The first-order valence-electron chi connectivity index (χ1n) is 13.4. The van der Waals surface area contributed by atoms with Crippen molar-refractivity contribution in [3.63, 3.8) is 0 Å². The first kappa shape index (κ1) is 27.8. The minimum Gasteiger partial charge on any atom is -0.456 e. The van der Waals surface area contributed by atoms with Gasteiger partial charge in [-0.3, -0.25) is 4.79 Å². The number of nitrogens with one attached hydrogen (secondary N) is 1. The van der Waals surface area contributed by atoms with Gasteiger partial charge in [-0.1, -0.05) is 18.2 Å². The van der Waals surface area contributed by atoms with E-state index in [0.29, 0.717) is 17.1 Å². The van der Waals surface area contributed by atoms with Crippen LogP contribution in [0.1, 0.15) is 31.9 Å². The van der Waals surface area contributed by atoms with E-state index in [9.17, 15) is 30.5 Å². The van der Waals surface area contributed by atoms with Crippen molar-refractivity contribution in [3.05, 3.63) is 59.9 Å². The maximum Gasteiger partial charge on any atom is 0.262 e. The Balaban J connectivity index is 1.30. The molecule has 2 aliphatic heterocycles. The quantitative estimate of drug-likeness (QED) is 0.231. The lowest BCUT2D eigenvalue weighted by Gasteiger charge is -2.38. The predicted molar refractivity (Wildman–Crippen MR) is 148 cm³/mol. The Labute approximate surface area is 231 Å². The number of nitrogens with zero attached hydrogens (tertiary/aromatic N) is 2. The van der Waals surface area contributed by atoms with Crippen LogP contribution in [0.5, 0.6) is 0 Å². The van der Waals surface area contributed by atoms with E-state index in [0.717, 1.165) is 29.4 Å². The van der Waals surface area contributed by atoms with Crippen LogP contribution in [0.2, 0.25) is 0 Å². The first-order valence-corrected chi connectivity index (χ1v) is 13.4. The van der Waals surface area contributed by atoms with Gasteiger partial charge in [-0.2, -0.15) is 5.26 Å². The van der Waals surface area contributed by atoms with Gasteiger partial charge in [0.1, 0.15) is 47.6 Å². The van der Waals surface area contributed by atoms with Crippen LogP contribution >= 0.6 is 0 Å². The lowest BCUT2D eigenvalue weighted by atomic mass is 9.99. The molecule has 1 unspecified atom stereocenters. The summed E-state index contributed by atoms with van der Waals surface area (Å²) in [5, 5.41) is 53.6. The Morgan fingerprint density at radius 2 is 1.70 bits per heavy atom. The number of hydrogen-bond acceptors (Lipinski definition) is 9. The van der Waals surface area contributed by atoms with Crippen molar-refractivity contribution >= 4 is 27.9 Å². The number of piperidine rings is 1. The Hall–Kier alpha value is -3.72. The van der Waals surface area contributed by atoms with Crippen LogP contribution < -0.4 is 10.2 Å². The van der Waals surface area contributed by atoms with Crippen molar-refractivity contribution in [2.75, 3.05) is 24.5 Å². The van der Waals surface area contributed by atoms with Gasteiger partial charge in [0.05, 0.1) is 0 Å². The Kier molecular flexibility index (Phi) is 8.21. The third-order valence-corrected chi connectivity index (χ3v) is 7.67. The number of furan rings is 1. The molecule has 0 spiro atoms. The minimum atomic E-state index is -1.72. The third kappa shape index (κ3) is 5.61. The first-order chi connectivity index (χ1) is 19.3. The molecule has 0 radical (unpaired) electrons. The molecule has 3 aromatic rings. The zero-order valence-electron chi connectivity index (χ0n) is 22.2. The van der Waals surface area contributed by atoms with E-state index in [-0.39, 0.29) is 12.1 Å². The highest BCUT2D eigenvalue weighted by molar-refractivity contribution is 6.04. The number of nitriles is 1. The standard InChI is InChI=1S/C30H33N3O7/c1-17(22(15-31)29(37)32-16-25-26(34)27(35)28(36)30(38)40-25)23-9-10-24(39-23)20-6-5-19-14-21(8-7-18(19)13-20)33-11-3-2-4-12-33/h5-10,13-14,25-28,30,34-36,38H,2-4,11-12,16H2,1H3,(H,32,37)/b22-17+/t25-,26-,27+,28-,30?/m1/s1. The fourth-order valence-corrected chi connectivity index (χ4v) is 5.24. The maximum absolute atomic E-state index is 12.8. The molecular formula is C30H33N3O7. The van der Waals surface area contributed by atoms with Gasteiger partial charge in [-0.05, 0) is 67.3 Å². The van der Waals surface area contributed by atoms with E-state index in [1.165, 1.54) is 24.9 Å². The van der Waals surface area contributed by atoms with Gasteiger partial charge in [0.2, 0.25) is 0 Å². The number of carbonyl (C=O) groups excluding carboxylic acids is 1. The number of anilines is 1. The molecule has 0 bridgehead atoms. The van der Waals surface area contributed by atoms with Gasteiger partial charge in [0, 0.05) is 36.5 Å². The number of hydrogen-bond donors (Lipinski definition) is 5. The second-order valence-electron chi connectivity index (χ2n) is 10.3. The summed E-state index contributed by atoms with van der Waals surface area (Å²) in [6, 6.07) is 17.9. The highest BCUT2D eigenvalue weighted by Crippen LogP contribution is 2.31. The number of rotatable bonds is 6. The van der Waals surface area contributed by atoms with Gasteiger partial charge in [-0.25, -0.2) is 0 Å². The van der Waals surface area contributed by atoms with Gasteiger partial charge >= 0.3 is 0 Å². The van der Waals surface area contributed by atoms with Crippen LogP contribution in [-0.4, -0.2) is 76.7 Å². The fraction of sp³-hybridized carbons (Fsp3) is 0.400. The summed E-state index contributed by atoms with van der Waals surface area (Å²) in [5.74, 6) is 0.207. The molecule has 3 heterocycles. The van der Waals surface area contributed by atoms with Crippen LogP contribution in [0.4, 0.5) is 5.69 Å². The average molecular weight is 548 g/mol. The number of benzene rings is 2. The molecule has 10 nitrogen and oxygen atoms in total. The molecule has 10 heteroatoms. The molecule has 2 fully saturated rings. The fourth-order valence-electron chi connectivity index (χ4n) is 5.24. The molecule has 40 heavy (non-hydrogen) atoms. The van der Waals surface area contributed by atoms with Crippen molar-refractivity contribution in [1.82, 2.24) is 5.32 Å². The van der Waals surface area contributed by atoms with Crippen LogP contribution in [0, 0.1) is 11.3 Å². The molecule has 2 aliphatic rings. The van der Waals surface area contributed by atoms with Crippen LogP contribution in [0.3, 0.4) is 0 Å². The molecular weight excluding hydrogens is 514 g/mol. The number of carbonyl (C=O) groups is 1. The largest absolute Gasteiger partial charge is 0.456 e. The molecule has 5 N–H and O–H groups in total. The van der Waals surface area contributed by atoms with Gasteiger partial charge in [-0.15, -0.1) is 0 Å². The number of amides is 1. The Bertz CT molecular complexity index is 1450. The minimum absolute atomic E-state index is 0.198. The molecule has 210 valence electrons. The monoisotopic (exact) mass is 547 g/mol. The highest BCUT2D eigenvalue weighted by atomic mass is 16.6. The van der Waals surface area contributed by atoms with Crippen LogP contribution in [0.15, 0.2) is 58.5 Å². The molecule has 5 atom stereocenters. The van der Waals surface area contributed by atoms with Gasteiger partial charge < -0.3 is 39.8 Å². The van der Waals surface area contributed by atoms with E-state index in [1.807, 2.05) is 18.2 Å². The zero-order chi connectivity index (χ0) is 28.4. The Morgan fingerprint density at radius 1 is 0.975 bits per heavy atom. The molecule has 2 saturated heterocycles. The number of fused-ring (bicyclic) bond motifs is 1. The summed E-state index contributed by atoms with van der Waals surface area (Å²) < 4.78 is 11.1. The van der Waals surface area contributed by atoms with Crippen LogP contribution in [0.25, 0.3) is 27.7 Å². The topological polar surface area (TPSA) is 159 Å². The lowest BCUT2D eigenvalue weighted by molar-refractivity contribution is -0.280. The molecule has 2 aromatic carbocycles. The predicted octanol–water partition coefficient (Wildman–Crippen LogP) is 2.30. The molecule has 0 saturated carbocycles. The summed E-state index contributed by atoms with van der Waals surface area (Å²) in [5.41, 5.74) is 2.22. The lowest BCUT2D eigenvalue weighted by Crippen LogP contribution is -2.60. The summed E-state index contributed by atoms with van der Waals surface area (Å²) >= 11 is 0. The van der Waals surface area contributed by atoms with Crippen molar-refractivity contribution in [2.24, 2.45) is 0 Å². The SMILES string of the molecule is C/C(=C(/C#N)C(=O)NC[C@H]1OC(O)[C@H](O)[C@@H](O)[C@@H]1O)c1ccc(-c2ccc3cc(N4CCCCC4)ccc3c2)o1. The second-order valence-corrected chi connectivity index (χ2v) is 10.3. The molecule has 1 amide bonds. The summed E-state index contributed by atoms with van der Waals surface area (Å²) in [6.07, 6.45) is -4.04. The second kappa shape index (κ2) is 11.8. The molecule has 1 aromatic heterocycles. The number of aliphatic hydroxyl groups is 4. The number of ether oxygens (including phenoxy) is 1. The normalized spacial score (nSPS) is 25.8. The summed E-state index contributed by atoms with van der Waals surface area (Å²) in [6.45, 7) is 3.46. The van der Waals surface area contributed by atoms with Gasteiger partial charge in [0.25, 0.3) is 5.91 Å². The van der Waals surface area contributed by atoms with Crippen molar-refractivity contribution in [3.8, 4) is 17.4 Å². The Morgan fingerprint density at radius 3 is 2.45 bits per heavy atom. The summed E-state index contributed by atoms with van der Waals surface area (Å²) in [7, 11) is 0. The van der Waals surface area contributed by atoms with Crippen LogP contribution in [-0.2, 0) is 9.53 Å². The average Bonchev–Trinajstić information content (AvgIpc) is 3.48. The molecule has 0 aliphatic carbocycles.